The van der Waals surface area contributed by atoms with Crippen molar-refractivity contribution < 1.29 is 4.79 Å². The Morgan fingerprint density at radius 2 is 2.36 bits per heavy atom. The SMILES string of the molecule is CC=C(Cl)C=NCC(=O)NC. The van der Waals surface area contributed by atoms with Crippen molar-refractivity contribution in [2.75, 3.05) is 13.6 Å². The second kappa shape index (κ2) is 5.92. The van der Waals surface area contributed by atoms with E-state index in [0.717, 1.165) is 0 Å². The lowest BCUT2D eigenvalue weighted by Gasteiger charge is -1.91. The second-order valence-corrected chi connectivity index (χ2v) is 2.25. The van der Waals surface area contributed by atoms with Gasteiger partial charge in [0, 0.05) is 13.3 Å². The summed E-state index contributed by atoms with van der Waals surface area (Å²) in [7, 11) is 1.56. The lowest BCUT2D eigenvalue weighted by molar-refractivity contribution is -0.119. The first kappa shape index (κ1) is 10.2. The van der Waals surface area contributed by atoms with E-state index in [1.54, 1.807) is 20.0 Å². The van der Waals surface area contributed by atoms with Crippen LogP contribution in [0, 0.1) is 0 Å². The number of likely N-dealkylation sites (N-methyl/N-ethyl adjacent to an activating group) is 1. The average molecular weight is 175 g/mol. The molecule has 0 atom stereocenters. The molecule has 0 aliphatic carbocycles. The summed E-state index contributed by atoms with van der Waals surface area (Å²) in [4.78, 5) is 14.4. The highest BCUT2D eigenvalue weighted by Crippen LogP contribution is 1.94. The third-order valence-corrected chi connectivity index (χ3v) is 1.32. The molecule has 0 aromatic rings. The summed E-state index contributed by atoms with van der Waals surface area (Å²) < 4.78 is 0. The number of nitrogens with zero attached hydrogens (tertiary/aromatic N) is 1. The van der Waals surface area contributed by atoms with Crippen LogP contribution < -0.4 is 5.32 Å². The highest BCUT2D eigenvalue weighted by Gasteiger charge is 1.91. The van der Waals surface area contributed by atoms with Crippen LogP contribution in [0.15, 0.2) is 16.1 Å². The minimum atomic E-state index is -0.123. The monoisotopic (exact) mass is 174 g/mol. The van der Waals surface area contributed by atoms with E-state index in [-0.39, 0.29) is 12.5 Å². The van der Waals surface area contributed by atoms with Gasteiger partial charge in [-0.2, -0.15) is 0 Å². The van der Waals surface area contributed by atoms with E-state index in [9.17, 15) is 4.79 Å². The Morgan fingerprint density at radius 3 is 2.82 bits per heavy atom. The van der Waals surface area contributed by atoms with E-state index < -0.39 is 0 Å². The highest BCUT2D eigenvalue weighted by atomic mass is 35.5. The number of carbonyl (C=O) groups is 1. The summed E-state index contributed by atoms with van der Waals surface area (Å²) in [6.07, 6.45) is 3.16. The predicted molar refractivity (Wildman–Crippen MR) is 47.0 cm³/mol. The van der Waals surface area contributed by atoms with Crippen LogP contribution in [0.4, 0.5) is 0 Å². The zero-order chi connectivity index (χ0) is 8.69. The normalized spacial score (nSPS) is 12.1. The fraction of sp³-hybridized carbons (Fsp3) is 0.429. The number of hydrogen-bond acceptors (Lipinski definition) is 2. The molecular formula is C7H11ClN2O. The molecule has 0 unspecified atom stereocenters. The van der Waals surface area contributed by atoms with Gasteiger partial charge in [0.2, 0.25) is 5.91 Å². The molecule has 0 saturated carbocycles. The van der Waals surface area contributed by atoms with Gasteiger partial charge >= 0.3 is 0 Å². The van der Waals surface area contributed by atoms with Crippen molar-refractivity contribution in [3.63, 3.8) is 0 Å². The lowest BCUT2D eigenvalue weighted by Crippen LogP contribution is -2.20. The molecule has 62 valence electrons. The number of amides is 1. The Morgan fingerprint density at radius 1 is 1.73 bits per heavy atom. The van der Waals surface area contributed by atoms with Crippen molar-refractivity contribution in [2.45, 2.75) is 6.92 Å². The van der Waals surface area contributed by atoms with Crippen molar-refractivity contribution in [3.8, 4) is 0 Å². The van der Waals surface area contributed by atoms with Crippen LogP contribution in [0.1, 0.15) is 6.92 Å². The minimum absolute atomic E-state index is 0.123. The fourth-order valence-electron chi connectivity index (χ4n) is 0.369. The number of allylic oxidation sites excluding steroid dienone is 2. The molecule has 1 N–H and O–H groups in total. The van der Waals surface area contributed by atoms with Crippen LogP contribution in [-0.4, -0.2) is 25.7 Å². The molecule has 0 rings (SSSR count). The van der Waals surface area contributed by atoms with Crippen molar-refractivity contribution in [2.24, 2.45) is 4.99 Å². The largest absolute Gasteiger partial charge is 0.358 e. The van der Waals surface area contributed by atoms with Gasteiger partial charge in [0.1, 0.15) is 6.54 Å². The van der Waals surface area contributed by atoms with Crippen LogP contribution in [0.25, 0.3) is 0 Å². The molecule has 0 aliphatic heterocycles. The molecule has 0 spiro atoms. The first-order valence-corrected chi connectivity index (χ1v) is 3.60. The molecule has 0 bridgehead atoms. The molecule has 0 radical (unpaired) electrons. The van der Waals surface area contributed by atoms with Gasteiger partial charge < -0.3 is 5.32 Å². The number of aliphatic imine (C=N–C) groups is 1. The summed E-state index contributed by atoms with van der Waals surface area (Å²) in [5.74, 6) is -0.123. The van der Waals surface area contributed by atoms with Gasteiger partial charge in [0.25, 0.3) is 0 Å². The maximum Gasteiger partial charge on any atom is 0.241 e. The smallest absolute Gasteiger partial charge is 0.241 e. The van der Waals surface area contributed by atoms with E-state index >= 15 is 0 Å². The van der Waals surface area contributed by atoms with Gasteiger partial charge in [-0.1, -0.05) is 17.7 Å². The second-order valence-electron chi connectivity index (χ2n) is 1.82. The average Bonchev–Trinajstić information content (AvgIpc) is 2.04. The summed E-state index contributed by atoms with van der Waals surface area (Å²) in [6, 6.07) is 0. The van der Waals surface area contributed by atoms with Crippen LogP contribution in [0.5, 0.6) is 0 Å². The minimum Gasteiger partial charge on any atom is -0.358 e. The van der Waals surface area contributed by atoms with Crippen LogP contribution >= 0.6 is 11.6 Å². The van der Waals surface area contributed by atoms with Gasteiger partial charge in [0.15, 0.2) is 0 Å². The van der Waals surface area contributed by atoms with Gasteiger partial charge in [-0.3, -0.25) is 9.79 Å². The Hall–Kier alpha value is -0.830. The topological polar surface area (TPSA) is 41.5 Å². The van der Waals surface area contributed by atoms with Gasteiger partial charge in [-0.05, 0) is 6.92 Å². The van der Waals surface area contributed by atoms with Crippen LogP contribution in [0.3, 0.4) is 0 Å². The van der Waals surface area contributed by atoms with Gasteiger partial charge in [-0.25, -0.2) is 0 Å². The van der Waals surface area contributed by atoms with E-state index in [2.05, 4.69) is 10.3 Å². The zero-order valence-electron chi connectivity index (χ0n) is 6.60. The molecular weight excluding hydrogens is 164 g/mol. The van der Waals surface area contributed by atoms with E-state index in [1.807, 2.05) is 0 Å². The molecule has 0 heterocycles. The van der Waals surface area contributed by atoms with Crippen molar-refractivity contribution in [3.05, 3.63) is 11.1 Å². The highest BCUT2D eigenvalue weighted by molar-refractivity contribution is 6.39. The quantitative estimate of drug-likeness (QED) is 0.636. The van der Waals surface area contributed by atoms with Crippen molar-refractivity contribution >= 4 is 23.7 Å². The Bertz CT molecular complexity index is 187. The first-order chi connectivity index (χ1) is 5.20. The molecule has 4 heteroatoms. The molecule has 0 aromatic heterocycles. The maximum atomic E-state index is 10.6. The molecule has 1 amide bonds. The number of hydrogen-bond donors (Lipinski definition) is 1. The Labute approximate surface area is 71.1 Å². The first-order valence-electron chi connectivity index (χ1n) is 3.23. The standard InChI is InChI=1S/C7H11ClN2O/c1-3-6(8)4-10-5-7(11)9-2/h3-4H,5H2,1-2H3,(H,9,11). The van der Waals surface area contributed by atoms with Gasteiger partial charge in [-0.15, -0.1) is 0 Å². The summed E-state index contributed by atoms with van der Waals surface area (Å²) in [5, 5.41) is 2.98. The van der Waals surface area contributed by atoms with Crippen LogP contribution in [-0.2, 0) is 4.79 Å². The number of carbonyl (C=O) groups excluding carboxylic acids is 1. The third kappa shape index (κ3) is 5.61. The summed E-state index contributed by atoms with van der Waals surface area (Å²) >= 11 is 5.57. The van der Waals surface area contributed by atoms with E-state index in [4.69, 9.17) is 11.6 Å². The van der Waals surface area contributed by atoms with Crippen molar-refractivity contribution in [1.82, 2.24) is 5.32 Å². The van der Waals surface area contributed by atoms with Gasteiger partial charge in [0.05, 0.1) is 5.03 Å². The molecule has 0 saturated heterocycles. The van der Waals surface area contributed by atoms with Crippen molar-refractivity contribution in [1.29, 1.82) is 0 Å². The molecule has 0 aromatic carbocycles. The lowest BCUT2D eigenvalue weighted by atomic mass is 10.5. The molecule has 11 heavy (non-hydrogen) atoms. The fourth-order valence-corrected chi connectivity index (χ4v) is 0.438. The van der Waals surface area contributed by atoms with E-state index in [1.165, 1.54) is 6.21 Å². The Balaban J connectivity index is 3.69. The Kier molecular flexibility index (Phi) is 5.47. The number of nitrogens with one attached hydrogen (secondary N) is 1. The summed E-state index contributed by atoms with van der Waals surface area (Å²) in [5.41, 5.74) is 0. The van der Waals surface area contributed by atoms with E-state index in [0.29, 0.717) is 5.03 Å². The maximum absolute atomic E-state index is 10.6. The molecule has 0 fully saturated rings. The zero-order valence-corrected chi connectivity index (χ0v) is 7.35. The molecule has 0 aliphatic rings. The number of rotatable bonds is 3. The number of halogens is 1. The summed E-state index contributed by atoms with van der Waals surface area (Å²) in [6.45, 7) is 1.93. The van der Waals surface area contributed by atoms with Crippen LogP contribution in [0.2, 0.25) is 0 Å². The third-order valence-electron chi connectivity index (χ3n) is 1.00. The predicted octanol–water partition coefficient (Wildman–Crippen LogP) is 0.946. The molecule has 3 nitrogen and oxygen atoms in total.